The molecule has 0 radical (unpaired) electrons. The van der Waals surface area contributed by atoms with Crippen LogP contribution < -0.4 is 16.4 Å². The van der Waals surface area contributed by atoms with E-state index in [4.69, 9.17) is 11.5 Å². The van der Waals surface area contributed by atoms with Gasteiger partial charge in [0.2, 0.25) is 5.95 Å². The minimum atomic E-state index is 0.231. The Morgan fingerprint density at radius 3 is 2.50 bits per heavy atom. The molecule has 0 bridgehead atoms. The van der Waals surface area contributed by atoms with E-state index in [1.54, 1.807) is 6.07 Å². The molecule has 0 aromatic carbocycles. The summed E-state index contributed by atoms with van der Waals surface area (Å²) in [5, 5.41) is 0. The van der Waals surface area contributed by atoms with Gasteiger partial charge in [-0.3, -0.25) is 0 Å². The average Bonchev–Trinajstić information content (AvgIpc) is 2.12. The molecule has 0 aliphatic carbocycles. The van der Waals surface area contributed by atoms with Crippen LogP contribution >= 0.6 is 0 Å². The molecular weight excluding hydrogens is 178 g/mol. The van der Waals surface area contributed by atoms with Crippen LogP contribution in [-0.2, 0) is 0 Å². The summed E-state index contributed by atoms with van der Waals surface area (Å²) >= 11 is 0. The quantitative estimate of drug-likeness (QED) is 0.745. The minimum absolute atomic E-state index is 0.231. The summed E-state index contributed by atoms with van der Waals surface area (Å²) in [5.41, 5.74) is 11.1. The maximum Gasteiger partial charge on any atom is 0.223 e. The molecule has 0 unspecified atom stereocenters. The van der Waals surface area contributed by atoms with E-state index in [-0.39, 0.29) is 5.95 Å². The van der Waals surface area contributed by atoms with Gasteiger partial charge in [0.25, 0.3) is 0 Å². The molecule has 1 aromatic heterocycles. The molecule has 4 N–H and O–H groups in total. The number of hydrogen-bond donors (Lipinski definition) is 2. The second kappa shape index (κ2) is 4.64. The third kappa shape index (κ3) is 2.48. The van der Waals surface area contributed by atoms with Crippen molar-refractivity contribution in [2.75, 3.05) is 29.5 Å². The Balaban J connectivity index is 2.91. The van der Waals surface area contributed by atoms with Crippen molar-refractivity contribution in [1.29, 1.82) is 0 Å². The molecule has 0 fully saturated rings. The van der Waals surface area contributed by atoms with Crippen molar-refractivity contribution in [3.63, 3.8) is 0 Å². The van der Waals surface area contributed by atoms with Crippen molar-refractivity contribution in [3.05, 3.63) is 6.07 Å². The third-order valence-electron chi connectivity index (χ3n) is 1.95. The molecule has 5 heteroatoms. The predicted molar refractivity (Wildman–Crippen MR) is 59.0 cm³/mol. The zero-order valence-electron chi connectivity index (χ0n) is 8.70. The maximum atomic E-state index is 5.59. The number of aromatic nitrogens is 2. The molecule has 0 saturated carbocycles. The fourth-order valence-electron chi connectivity index (χ4n) is 1.34. The standard InChI is InChI=1S/C9H17N5/c1-3-5-14(4-2)8-6-7(10)12-9(11)13-8/h6H,3-5H2,1-2H3,(H4,10,11,12,13). The minimum Gasteiger partial charge on any atom is -0.383 e. The Labute approximate surface area is 84.1 Å². The predicted octanol–water partition coefficient (Wildman–Crippen LogP) is 0.877. The van der Waals surface area contributed by atoms with E-state index < -0.39 is 0 Å². The largest absolute Gasteiger partial charge is 0.383 e. The first kappa shape index (κ1) is 10.6. The van der Waals surface area contributed by atoms with E-state index in [0.717, 1.165) is 25.3 Å². The maximum absolute atomic E-state index is 5.59. The van der Waals surface area contributed by atoms with E-state index in [1.807, 2.05) is 0 Å². The van der Waals surface area contributed by atoms with Gasteiger partial charge < -0.3 is 16.4 Å². The van der Waals surface area contributed by atoms with E-state index >= 15 is 0 Å². The van der Waals surface area contributed by atoms with Gasteiger partial charge in [0.15, 0.2) is 0 Å². The van der Waals surface area contributed by atoms with Gasteiger partial charge in [-0.15, -0.1) is 0 Å². The number of anilines is 3. The second-order valence-electron chi connectivity index (χ2n) is 3.09. The van der Waals surface area contributed by atoms with Gasteiger partial charge in [-0.25, -0.2) is 0 Å². The summed E-state index contributed by atoms with van der Waals surface area (Å²) in [6.45, 7) is 6.04. The van der Waals surface area contributed by atoms with Crippen molar-refractivity contribution < 1.29 is 0 Å². The molecule has 0 aliphatic rings. The van der Waals surface area contributed by atoms with Crippen molar-refractivity contribution in [2.45, 2.75) is 20.3 Å². The summed E-state index contributed by atoms with van der Waals surface area (Å²) in [4.78, 5) is 10.1. The molecule has 0 aliphatic heterocycles. The Bertz CT molecular complexity index is 279. The summed E-state index contributed by atoms with van der Waals surface area (Å²) in [7, 11) is 0. The SMILES string of the molecule is CCCN(CC)c1cc(N)nc(N)n1. The molecule has 1 aromatic rings. The lowest BCUT2D eigenvalue weighted by atomic mass is 10.4. The Morgan fingerprint density at radius 2 is 2.00 bits per heavy atom. The Kier molecular flexibility index (Phi) is 3.50. The zero-order valence-corrected chi connectivity index (χ0v) is 8.70. The van der Waals surface area contributed by atoms with E-state index in [2.05, 4.69) is 28.7 Å². The van der Waals surface area contributed by atoms with Crippen molar-refractivity contribution in [2.24, 2.45) is 0 Å². The molecule has 0 atom stereocenters. The van der Waals surface area contributed by atoms with Gasteiger partial charge in [0, 0.05) is 19.2 Å². The highest BCUT2D eigenvalue weighted by Crippen LogP contribution is 2.14. The van der Waals surface area contributed by atoms with Crippen molar-refractivity contribution >= 4 is 17.6 Å². The molecular formula is C9H17N5. The highest BCUT2D eigenvalue weighted by Gasteiger charge is 2.06. The summed E-state index contributed by atoms with van der Waals surface area (Å²) in [6, 6.07) is 1.75. The molecule has 1 rings (SSSR count). The van der Waals surface area contributed by atoms with Gasteiger partial charge in [-0.2, -0.15) is 9.97 Å². The summed E-state index contributed by atoms with van der Waals surface area (Å²) in [5.74, 6) is 1.45. The fourth-order valence-corrected chi connectivity index (χ4v) is 1.34. The van der Waals surface area contributed by atoms with Crippen LogP contribution in [0.25, 0.3) is 0 Å². The van der Waals surface area contributed by atoms with Crippen LogP contribution in [0.1, 0.15) is 20.3 Å². The van der Waals surface area contributed by atoms with Crippen LogP contribution in [0.15, 0.2) is 6.07 Å². The molecule has 0 saturated heterocycles. The number of rotatable bonds is 4. The monoisotopic (exact) mass is 195 g/mol. The van der Waals surface area contributed by atoms with E-state index in [0.29, 0.717) is 5.82 Å². The molecule has 78 valence electrons. The van der Waals surface area contributed by atoms with Gasteiger partial charge in [0.05, 0.1) is 0 Å². The van der Waals surface area contributed by atoms with Crippen molar-refractivity contribution in [3.8, 4) is 0 Å². The first-order valence-electron chi connectivity index (χ1n) is 4.82. The molecule has 1 heterocycles. The first-order valence-corrected chi connectivity index (χ1v) is 4.82. The van der Waals surface area contributed by atoms with Gasteiger partial charge in [-0.05, 0) is 13.3 Å². The lowest BCUT2D eigenvalue weighted by Crippen LogP contribution is -2.25. The lowest BCUT2D eigenvalue weighted by Gasteiger charge is -2.21. The third-order valence-corrected chi connectivity index (χ3v) is 1.95. The van der Waals surface area contributed by atoms with Crippen LogP contribution in [-0.4, -0.2) is 23.1 Å². The van der Waals surface area contributed by atoms with Crippen LogP contribution in [0, 0.1) is 0 Å². The van der Waals surface area contributed by atoms with Crippen LogP contribution in [0.3, 0.4) is 0 Å². The lowest BCUT2D eigenvalue weighted by molar-refractivity contribution is 0.778. The molecule has 0 spiro atoms. The van der Waals surface area contributed by atoms with Crippen molar-refractivity contribution in [1.82, 2.24) is 9.97 Å². The average molecular weight is 195 g/mol. The van der Waals surface area contributed by atoms with Gasteiger partial charge in [0.1, 0.15) is 11.6 Å². The molecule has 0 amide bonds. The molecule has 5 nitrogen and oxygen atoms in total. The normalized spacial score (nSPS) is 10.1. The first-order chi connectivity index (χ1) is 6.67. The van der Waals surface area contributed by atoms with E-state index in [9.17, 15) is 0 Å². The fraction of sp³-hybridized carbons (Fsp3) is 0.556. The summed E-state index contributed by atoms with van der Waals surface area (Å²) < 4.78 is 0. The smallest absolute Gasteiger partial charge is 0.223 e. The number of nitrogens with two attached hydrogens (primary N) is 2. The van der Waals surface area contributed by atoms with Crippen LogP contribution in [0.4, 0.5) is 17.6 Å². The van der Waals surface area contributed by atoms with Gasteiger partial charge in [-0.1, -0.05) is 6.92 Å². The Morgan fingerprint density at radius 1 is 1.29 bits per heavy atom. The van der Waals surface area contributed by atoms with Crippen LogP contribution in [0.5, 0.6) is 0 Å². The number of hydrogen-bond acceptors (Lipinski definition) is 5. The number of nitrogens with zero attached hydrogens (tertiary/aromatic N) is 3. The topological polar surface area (TPSA) is 81.1 Å². The highest BCUT2D eigenvalue weighted by atomic mass is 15.2. The van der Waals surface area contributed by atoms with E-state index in [1.165, 1.54) is 0 Å². The van der Waals surface area contributed by atoms with Gasteiger partial charge >= 0.3 is 0 Å². The Hall–Kier alpha value is -1.52. The number of nitrogen functional groups attached to an aromatic ring is 2. The highest BCUT2D eigenvalue weighted by molar-refractivity contribution is 5.50. The second-order valence-corrected chi connectivity index (χ2v) is 3.09. The summed E-state index contributed by atoms with van der Waals surface area (Å²) in [6.07, 6.45) is 1.07. The molecule has 14 heavy (non-hydrogen) atoms. The van der Waals surface area contributed by atoms with Crippen LogP contribution in [0.2, 0.25) is 0 Å². The zero-order chi connectivity index (χ0) is 10.6.